The minimum atomic E-state index is -0.266. The second-order valence-electron chi connectivity index (χ2n) is 4.80. The van der Waals surface area contributed by atoms with E-state index >= 15 is 0 Å². The van der Waals surface area contributed by atoms with E-state index in [2.05, 4.69) is 15.6 Å². The van der Waals surface area contributed by atoms with Crippen LogP contribution in [0.5, 0.6) is 0 Å². The van der Waals surface area contributed by atoms with Crippen LogP contribution in [0.25, 0.3) is 0 Å². The molecule has 1 amide bonds. The number of fused-ring (bicyclic) bond motifs is 1. The molecule has 0 radical (unpaired) electrons. The van der Waals surface area contributed by atoms with Gasteiger partial charge in [0, 0.05) is 30.8 Å². The van der Waals surface area contributed by atoms with E-state index < -0.39 is 0 Å². The first-order chi connectivity index (χ1) is 9.65. The molecule has 2 aromatic heterocycles. The second kappa shape index (κ2) is 5.09. The van der Waals surface area contributed by atoms with Crippen LogP contribution in [0, 0.1) is 6.92 Å². The second-order valence-corrected chi connectivity index (χ2v) is 4.80. The third-order valence-corrected chi connectivity index (χ3v) is 3.36. The first-order valence-corrected chi connectivity index (χ1v) is 6.48. The van der Waals surface area contributed by atoms with Crippen LogP contribution in [0.3, 0.4) is 0 Å². The van der Waals surface area contributed by atoms with Crippen molar-refractivity contribution in [3.05, 3.63) is 34.5 Å². The molecule has 0 atom stereocenters. The number of nitrogens with one attached hydrogen (secondary N) is 1. The molecular weight excluding hydrogens is 260 g/mol. The number of nitrogens with zero attached hydrogens (tertiary/aromatic N) is 3. The van der Waals surface area contributed by atoms with Crippen LogP contribution >= 0.6 is 0 Å². The van der Waals surface area contributed by atoms with E-state index in [0.717, 1.165) is 24.3 Å². The quantitative estimate of drug-likeness (QED) is 0.893. The monoisotopic (exact) mass is 276 g/mol. The number of hydrogen-bond donors (Lipinski definition) is 1. The van der Waals surface area contributed by atoms with Crippen LogP contribution in [0.15, 0.2) is 10.6 Å². The van der Waals surface area contributed by atoms with E-state index in [1.807, 2.05) is 11.7 Å². The number of rotatable bonds is 3. The van der Waals surface area contributed by atoms with Gasteiger partial charge < -0.3 is 14.6 Å². The predicted octanol–water partition coefficient (Wildman–Crippen LogP) is 0.719. The molecule has 0 unspecified atom stereocenters. The SMILES string of the molecule is Cc1cc(C(=O)NCc2nn(C)c3c2COCC3)no1. The Kier molecular flexibility index (Phi) is 3.27. The smallest absolute Gasteiger partial charge is 0.273 e. The van der Waals surface area contributed by atoms with Crippen LogP contribution in [0.2, 0.25) is 0 Å². The summed E-state index contributed by atoms with van der Waals surface area (Å²) in [6.07, 6.45) is 0.856. The van der Waals surface area contributed by atoms with Gasteiger partial charge in [0.25, 0.3) is 5.91 Å². The molecule has 0 spiro atoms. The zero-order valence-corrected chi connectivity index (χ0v) is 11.5. The van der Waals surface area contributed by atoms with Crippen LogP contribution in [0.1, 0.15) is 33.2 Å². The summed E-state index contributed by atoms with van der Waals surface area (Å²) in [5.74, 6) is 0.344. The summed E-state index contributed by atoms with van der Waals surface area (Å²) in [6, 6.07) is 1.60. The van der Waals surface area contributed by atoms with Crippen molar-refractivity contribution >= 4 is 5.91 Å². The number of ether oxygens (including phenoxy) is 1. The van der Waals surface area contributed by atoms with Crippen molar-refractivity contribution < 1.29 is 14.1 Å². The maximum atomic E-state index is 11.9. The number of aromatic nitrogens is 3. The molecule has 0 saturated heterocycles. The molecule has 7 nitrogen and oxygen atoms in total. The third-order valence-electron chi connectivity index (χ3n) is 3.36. The van der Waals surface area contributed by atoms with Gasteiger partial charge in [-0.3, -0.25) is 9.48 Å². The van der Waals surface area contributed by atoms with Gasteiger partial charge in [0.05, 0.1) is 25.5 Å². The Hall–Kier alpha value is -2.15. The minimum absolute atomic E-state index is 0.266. The van der Waals surface area contributed by atoms with Gasteiger partial charge in [-0.25, -0.2) is 0 Å². The molecule has 20 heavy (non-hydrogen) atoms. The minimum Gasteiger partial charge on any atom is -0.376 e. The zero-order chi connectivity index (χ0) is 14.1. The van der Waals surface area contributed by atoms with Crippen molar-refractivity contribution in [2.75, 3.05) is 6.61 Å². The van der Waals surface area contributed by atoms with Gasteiger partial charge in [-0.05, 0) is 6.92 Å². The third kappa shape index (κ3) is 2.32. The molecule has 0 bridgehead atoms. The molecule has 1 N–H and O–H groups in total. The summed E-state index contributed by atoms with van der Waals surface area (Å²) < 4.78 is 12.2. The number of carbonyl (C=O) groups excluding carboxylic acids is 1. The molecular formula is C13H16N4O3. The summed E-state index contributed by atoms with van der Waals surface area (Å²) in [4.78, 5) is 11.9. The summed E-state index contributed by atoms with van der Waals surface area (Å²) in [6.45, 7) is 3.38. The fraction of sp³-hybridized carbons (Fsp3) is 0.462. The molecule has 1 aliphatic rings. The first kappa shape index (κ1) is 12.9. The molecule has 0 fully saturated rings. The van der Waals surface area contributed by atoms with Crippen molar-refractivity contribution in [3.8, 4) is 0 Å². The average Bonchev–Trinajstić information content (AvgIpc) is 3.01. The van der Waals surface area contributed by atoms with E-state index in [0.29, 0.717) is 18.9 Å². The Morgan fingerprint density at radius 1 is 1.55 bits per heavy atom. The van der Waals surface area contributed by atoms with E-state index in [1.165, 1.54) is 5.69 Å². The highest BCUT2D eigenvalue weighted by atomic mass is 16.5. The van der Waals surface area contributed by atoms with Crippen LogP contribution in [-0.4, -0.2) is 27.5 Å². The van der Waals surface area contributed by atoms with E-state index in [1.54, 1.807) is 13.0 Å². The maximum Gasteiger partial charge on any atom is 0.273 e. The summed E-state index contributed by atoms with van der Waals surface area (Å²) in [5.41, 5.74) is 3.38. The Labute approximate surface area is 115 Å². The number of hydrogen-bond acceptors (Lipinski definition) is 5. The number of aryl methyl sites for hydroxylation is 2. The van der Waals surface area contributed by atoms with Gasteiger partial charge >= 0.3 is 0 Å². The Morgan fingerprint density at radius 3 is 3.15 bits per heavy atom. The summed E-state index contributed by atoms with van der Waals surface area (Å²) in [7, 11) is 1.91. The summed E-state index contributed by atoms with van der Waals surface area (Å²) >= 11 is 0. The first-order valence-electron chi connectivity index (χ1n) is 6.48. The molecule has 0 aromatic carbocycles. The molecule has 1 aliphatic heterocycles. The van der Waals surface area contributed by atoms with Crippen molar-refractivity contribution in [1.82, 2.24) is 20.3 Å². The molecule has 0 saturated carbocycles. The largest absolute Gasteiger partial charge is 0.376 e. The van der Waals surface area contributed by atoms with Crippen LogP contribution in [-0.2, 0) is 31.4 Å². The van der Waals surface area contributed by atoms with E-state index in [9.17, 15) is 4.79 Å². The highest BCUT2D eigenvalue weighted by Crippen LogP contribution is 2.20. The fourth-order valence-electron chi connectivity index (χ4n) is 2.36. The maximum absolute atomic E-state index is 11.9. The predicted molar refractivity (Wildman–Crippen MR) is 69.0 cm³/mol. The van der Waals surface area contributed by atoms with Crippen molar-refractivity contribution in [2.24, 2.45) is 7.05 Å². The summed E-state index contributed by atoms with van der Waals surface area (Å²) in [5, 5.41) is 10.9. The molecule has 3 rings (SSSR count). The molecule has 7 heteroatoms. The lowest BCUT2D eigenvalue weighted by Gasteiger charge is -2.13. The normalized spacial score (nSPS) is 14.1. The lowest BCUT2D eigenvalue weighted by molar-refractivity contribution is 0.0938. The topological polar surface area (TPSA) is 82.2 Å². The highest BCUT2D eigenvalue weighted by Gasteiger charge is 2.20. The van der Waals surface area contributed by atoms with Crippen LogP contribution in [0.4, 0.5) is 0 Å². The molecule has 106 valence electrons. The van der Waals surface area contributed by atoms with Crippen LogP contribution < -0.4 is 5.32 Å². The Bertz CT molecular complexity index is 644. The van der Waals surface area contributed by atoms with Gasteiger partial charge in [-0.2, -0.15) is 5.10 Å². The van der Waals surface area contributed by atoms with Gasteiger partial charge in [-0.1, -0.05) is 5.16 Å². The van der Waals surface area contributed by atoms with Crippen molar-refractivity contribution in [1.29, 1.82) is 0 Å². The standard InChI is InChI=1S/C13H16N4O3/c1-8-5-10(16-20-8)13(18)14-6-11-9-7-19-4-3-12(9)17(2)15-11/h5H,3-4,6-7H2,1-2H3,(H,14,18). The van der Waals surface area contributed by atoms with Gasteiger partial charge in [0.1, 0.15) is 5.76 Å². The Balaban J connectivity index is 1.71. The Morgan fingerprint density at radius 2 is 2.40 bits per heavy atom. The van der Waals surface area contributed by atoms with E-state index in [4.69, 9.17) is 9.26 Å². The average molecular weight is 276 g/mol. The zero-order valence-electron chi connectivity index (χ0n) is 11.5. The molecule has 3 heterocycles. The van der Waals surface area contributed by atoms with Gasteiger partial charge in [-0.15, -0.1) is 0 Å². The lowest BCUT2D eigenvalue weighted by Crippen LogP contribution is -2.24. The van der Waals surface area contributed by atoms with Gasteiger partial charge in [0.2, 0.25) is 0 Å². The highest BCUT2D eigenvalue weighted by molar-refractivity contribution is 5.92. The van der Waals surface area contributed by atoms with E-state index in [-0.39, 0.29) is 11.6 Å². The molecule has 0 aliphatic carbocycles. The van der Waals surface area contributed by atoms with Crippen molar-refractivity contribution in [2.45, 2.75) is 26.5 Å². The number of carbonyl (C=O) groups is 1. The van der Waals surface area contributed by atoms with Gasteiger partial charge in [0.15, 0.2) is 5.69 Å². The van der Waals surface area contributed by atoms with Crippen molar-refractivity contribution in [3.63, 3.8) is 0 Å². The number of amides is 1. The molecule has 2 aromatic rings. The lowest BCUT2D eigenvalue weighted by atomic mass is 10.1. The fourth-order valence-corrected chi connectivity index (χ4v) is 2.36.